The molecule has 1 radical (unpaired) electrons. The number of amides is 5. The van der Waals surface area contributed by atoms with Crippen molar-refractivity contribution in [3.8, 4) is 23.0 Å². The van der Waals surface area contributed by atoms with Crippen molar-refractivity contribution in [3.63, 3.8) is 0 Å². The molecule has 4 atom stereocenters. The summed E-state index contributed by atoms with van der Waals surface area (Å²) < 4.78 is 26.1. The van der Waals surface area contributed by atoms with Gasteiger partial charge in [-0.3, -0.25) is 9.59 Å². The van der Waals surface area contributed by atoms with Gasteiger partial charge in [0, 0.05) is 30.0 Å². The lowest BCUT2D eigenvalue weighted by Gasteiger charge is -2.29. The van der Waals surface area contributed by atoms with E-state index in [9.17, 15) is 23.6 Å². The molecule has 4 unspecified atom stereocenters. The number of urea groups is 2. The molecule has 2 fully saturated rings. The van der Waals surface area contributed by atoms with Crippen molar-refractivity contribution in [3.05, 3.63) is 59.9 Å². The van der Waals surface area contributed by atoms with E-state index in [0.29, 0.717) is 53.5 Å². The third-order valence-electron chi connectivity index (χ3n) is 8.84. The fourth-order valence-corrected chi connectivity index (χ4v) is 6.21. The molecule has 3 N–H and O–H groups in total. The van der Waals surface area contributed by atoms with Crippen LogP contribution in [0, 0.1) is 18.7 Å². The second kappa shape index (κ2) is 12.4. The Morgan fingerprint density at radius 1 is 1.20 bits per heavy atom. The maximum absolute atomic E-state index is 14.2. The minimum Gasteiger partial charge on any atom is -0.496 e. The highest BCUT2D eigenvalue weighted by Gasteiger charge is 2.56. The van der Waals surface area contributed by atoms with Gasteiger partial charge in [-0.05, 0) is 56.9 Å². The number of carbonyl (C=O) groups excluding carboxylic acids is 4. The standard InChI is InChI=1S/C33H34FN6O6/c1-19-26(45-2)12-11-24-27(19)36-28(20-8-7-10-22(34)14-20)37-30(24)46-23-15-25-29(42)38-33(18-41)16-21(33)9-5-3-4-6-13-39(31(35)43)32(44)40(25)17-23/h5,7-12,14,21,23,25H,3-4,6,13,15-17H2,1-2H3,(H2,35,43)(H,38,42)/b9-5+. The summed E-state index contributed by atoms with van der Waals surface area (Å²) in [4.78, 5) is 63.4. The van der Waals surface area contributed by atoms with Gasteiger partial charge in [-0.1, -0.05) is 24.3 Å². The fourth-order valence-electron chi connectivity index (χ4n) is 6.21. The molecule has 1 aliphatic carbocycles. The highest BCUT2D eigenvalue weighted by molar-refractivity contribution is 5.97. The molecular weight excluding hydrogens is 595 g/mol. The molecular formula is C33H34FN6O6. The SMILES string of the molecule is COc1ccc2c(OC3CC4C(=O)NC5([C]=O)CC5/C=C/CCCCN(C(N)=O)C(=O)N4C3)nc(-c3cccc(F)c3)nc2c1C. The summed E-state index contributed by atoms with van der Waals surface area (Å²) in [6.45, 7) is 1.85. The molecule has 1 saturated heterocycles. The van der Waals surface area contributed by atoms with Gasteiger partial charge in [0.15, 0.2) is 5.82 Å². The third kappa shape index (κ3) is 5.84. The van der Waals surface area contributed by atoms with Crippen LogP contribution in [0.1, 0.15) is 37.7 Å². The van der Waals surface area contributed by atoms with E-state index in [0.717, 1.165) is 4.90 Å². The number of nitrogens with one attached hydrogen (secondary N) is 1. The maximum Gasteiger partial charge on any atom is 0.328 e. The first kappa shape index (κ1) is 30.9. The molecule has 3 aromatic rings. The van der Waals surface area contributed by atoms with Crippen LogP contribution in [0.5, 0.6) is 11.6 Å². The first-order valence-electron chi connectivity index (χ1n) is 15.2. The molecule has 46 heavy (non-hydrogen) atoms. The monoisotopic (exact) mass is 629 g/mol. The van der Waals surface area contributed by atoms with E-state index >= 15 is 0 Å². The second-order valence-electron chi connectivity index (χ2n) is 11.9. The Balaban J connectivity index is 1.37. The number of nitrogens with zero attached hydrogens (tertiary/aromatic N) is 4. The number of allylic oxidation sites excluding steroid dienone is 1. The largest absolute Gasteiger partial charge is 0.496 e. The number of imide groups is 1. The van der Waals surface area contributed by atoms with Crippen LogP contribution >= 0.6 is 0 Å². The number of primary amides is 1. The minimum atomic E-state index is -1.17. The van der Waals surface area contributed by atoms with Crippen LogP contribution in [-0.4, -0.2) is 81.9 Å². The van der Waals surface area contributed by atoms with E-state index in [1.165, 1.54) is 17.0 Å². The van der Waals surface area contributed by atoms with E-state index in [1.54, 1.807) is 31.4 Å². The number of methoxy groups -OCH3 is 1. The van der Waals surface area contributed by atoms with Crippen molar-refractivity contribution in [2.45, 2.75) is 56.7 Å². The van der Waals surface area contributed by atoms with Gasteiger partial charge in [0.2, 0.25) is 18.1 Å². The second-order valence-corrected chi connectivity index (χ2v) is 11.9. The zero-order valence-corrected chi connectivity index (χ0v) is 25.5. The van der Waals surface area contributed by atoms with Crippen LogP contribution in [0.2, 0.25) is 0 Å². The fraction of sp³-hybridized carbons (Fsp3) is 0.394. The Labute approximate surface area is 264 Å². The average Bonchev–Trinajstić information content (AvgIpc) is 3.55. The van der Waals surface area contributed by atoms with Crippen LogP contribution in [-0.2, 0) is 9.59 Å². The van der Waals surface area contributed by atoms with Crippen molar-refractivity contribution in [2.75, 3.05) is 20.2 Å². The summed E-state index contributed by atoms with van der Waals surface area (Å²) in [5, 5.41) is 3.35. The number of benzene rings is 2. The van der Waals surface area contributed by atoms with Crippen LogP contribution in [0.25, 0.3) is 22.3 Å². The molecule has 1 saturated carbocycles. The van der Waals surface area contributed by atoms with E-state index in [-0.39, 0.29) is 37.1 Å². The molecule has 0 bridgehead atoms. The lowest BCUT2D eigenvalue weighted by molar-refractivity contribution is -0.125. The number of hydrogen-bond acceptors (Lipinski definition) is 8. The maximum atomic E-state index is 14.2. The minimum absolute atomic E-state index is 0.0373. The van der Waals surface area contributed by atoms with Gasteiger partial charge in [0.25, 0.3) is 0 Å². The Kier molecular flexibility index (Phi) is 8.32. The Hall–Kier alpha value is -5.07. The highest BCUT2D eigenvalue weighted by Crippen LogP contribution is 2.43. The quantitative estimate of drug-likeness (QED) is 0.404. The summed E-state index contributed by atoms with van der Waals surface area (Å²) >= 11 is 0. The van der Waals surface area contributed by atoms with Gasteiger partial charge in [0.05, 0.1) is 24.6 Å². The number of aryl methyl sites for hydroxylation is 1. The lowest BCUT2D eigenvalue weighted by atomic mass is 10.1. The van der Waals surface area contributed by atoms with Crippen molar-refractivity contribution >= 4 is 35.2 Å². The number of carbonyl (C=O) groups is 3. The summed E-state index contributed by atoms with van der Waals surface area (Å²) in [6, 6.07) is 6.63. The first-order valence-corrected chi connectivity index (χ1v) is 15.2. The van der Waals surface area contributed by atoms with Gasteiger partial charge in [-0.15, -0.1) is 0 Å². The van der Waals surface area contributed by atoms with Gasteiger partial charge in [0.1, 0.15) is 29.3 Å². The van der Waals surface area contributed by atoms with Crippen molar-refractivity contribution in [1.29, 1.82) is 0 Å². The smallest absolute Gasteiger partial charge is 0.328 e. The molecule has 239 valence electrons. The molecule has 5 amide bonds. The predicted molar refractivity (Wildman–Crippen MR) is 165 cm³/mol. The zero-order chi connectivity index (χ0) is 32.6. The Bertz CT molecular complexity index is 1750. The number of rotatable bonds is 5. The predicted octanol–water partition coefficient (Wildman–Crippen LogP) is 3.80. The van der Waals surface area contributed by atoms with Crippen LogP contribution in [0.15, 0.2) is 48.6 Å². The summed E-state index contributed by atoms with van der Waals surface area (Å²) in [6.07, 6.45) is 7.40. The van der Waals surface area contributed by atoms with Crippen molar-refractivity contribution in [1.82, 2.24) is 25.1 Å². The van der Waals surface area contributed by atoms with Crippen LogP contribution in [0.4, 0.5) is 14.0 Å². The molecule has 1 aromatic heterocycles. The number of halogens is 1. The van der Waals surface area contributed by atoms with Crippen LogP contribution in [0.3, 0.4) is 0 Å². The molecule has 0 spiro atoms. The zero-order valence-electron chi connectivity index (χ0n) is 25.5. The number of aromatic nitrogens is 2. The van der Waals surface area contributed by atoms with Gasteiger partial charge < -0.3 is 25.4 Å². The van der Waals surface area contributed by atoms with Crippen molar-refractivity contribution in [2.24, 2.45) is 11.7 Å². The molecule has 3 aliphatic rings. The average molecular weight is 630 g/mol. The summed E-state index contributed by atoms with van der Waals surface area (Å²) in [5.74, 6) is -0.255. The topological polar surface area (TPSA) is 157 Å². The number of nitrogens with two attached hydrogens (primary N) is 1. The first-order chi connectivity index (χ1) is 22.1. The normalized spacial score (nSPS) is 25.6. The molecule has 13 heteroatoms. The van der Waals surface area contributed by atoms with Crippen molar-refractivity contribution < 1.29 is 33.0 Å². The van der Waals surface area contributed by atoms with Gasteiger partial charge in [-0.2, -0.15) is 4.98 Å². The highest BCUT2D eigenvalue weighted by atomic mass is 19.1. The third-order valence-corrected chi connectivity index (χ3v) is 8.84. The summed E-state index contributed by atoms with van der Waals surface area (Å²) in [5.41, 5.74) is 6.09. The molecule has 12 nitrogen and oxygen atoms in total. The number of ether oxygens (including phenoxy) is 2. The number of hydrogen-bond donors (Lipinski definition) is 2. The Morgan fingerprint density at radius 3 is 2.76 bits per heavy atom. The summed E-state index contributed by atoms with van der Waals surface area (Å²) in [7, 11) is 1.54. The van der Waals surface area contributed by atoms with E-state index in [4.69, 9.17) is 20.2 Å². The molecule has 6 rings (SSSR count). The molecule has 2 aliphatic heterocycles. The number of fused-ring (bicyclic) bond motifs is 3. The van der Waals surface area contributed by atoms with Crippen LogP contribution < -0.4 is 20.5 Å². The molecule has 2 aromatic carbocycles. The van der Waals surface area contributed by atoms with Gasteiger partial charge >= 0.3 is 12.1 Å². The van der Waals surface area contributed by atoms with E-state index in [2.05, 4.69) is 10.3 Å². The van der Waals surface area contributed by atoms with E-state index < -0.39 is 41.5 Å². The molecule has 3 heterocycles. The van der Waals surface area contributed by atoms with Gasteiger partial charge in [-0.25, -0.2) is 23.9 Å². The van der Waals surface area contributed by atoms with E-state index in [1.807, 2.05) is 25.4 Å². The lowest BCUT2D eigenvalue weighted by Crippen LogP contribution is -2.55. The Morgan fingerprint density at radius 2 is 2.02 bits per heavy atom.